The van der Waals surface area contributed by atoms with E-state index >= 15 is 0 Å². The Bertz CT molecular complexity index is 1370. The predicted octanol–water partition coefficient (Wildman–Crippen LogP) is 6.86. The molecule has 3 fully saturated rings. The van der Waals surface area contributed by atoms with E-state index in [1.165, 1.54) is 12.8 Å². The quantitative estimate of drug-likeness (QED) is 0.304. The van der Waals surface area contributed by atoms with Crippen LogP contribution in [0.15, 0.2) is 78.9 Å². The minimum absolute atomic E-state index is 0.132. The minimum Gasteiger partial charge on any atom is -0.497 e. The third kappa shape index (κ3) is 4.70. The Hall–Kier alpha value is -3.41. The van der Waals surface area contributed by atoms with Crippen LogP contribution in [-0.2, 0) is 0 Å². The maximum Gasteiger partial charge on any atom is 0.127 e. The smallest absolute Gasteiger partial charge is 0.127 e. The number of nitrogens with zero attached hydrogens (tertiary/aromatic N) is 2. The number of rotatable bonds is 7. The summed E-state index contributed by atoms with van der Waals surface area (Å²) in [6, 6.07) is 25.9. The van der Waals surface area contributed by atoms with Crippen LogP contribution in [0.1, 0.15) is 37.9 Å². The number of hydrogen-bond acceptors (Lipinski definition) is 5. The molecule has 4 unspecified atom stereocenters. The van der Waals surface area contributed by atoms with Crippen molar-refractivity contribution in [2.24, 2.45) is 11.8 Å². The number of piperidine rings is 3. The van der Waals surface area contributed by atoms with Crippen LogP contribution in [0, 0.1) is 11.8 Å². The second-order valence-electron chi connectivity index (χ2n) is 10.4. The van der Waals surface area contributed by atoms with E-state index in [-0.39, 0.29) is 6.04 Å². The molecule has 0 amide bonds. The van der Waals surface area contributed by atoms with Crippen molar-refractivity contribution in [1.82, 2.24) is 9.88 Å². The number of pyridine rings is 1. The molecule has 3 aromatic carbocycles. The Labute approximate surface area is 218 Å². The summed E-state index contributed by atoms with van der Waals surface area (Å²) in [5, 5.41) is 12.8. The fraction of sp³-hybridized carbons (Fsp3) is 0.344. The predicted molar refractivity (Wildman–Crippen MR) is 147 cm³/mol. The molecule has 0 aliphatic carbocycles. The largest absolute Gasteiger partial charge is 0.497 e. The first kappa shape index (κ1) is 24.0. The van der Waals surface area contributed by atoms with Gasteiger partial charge in [-0.3, -0.25) is 4.90 Å². The van der Waals surface area contributed by atoms with Crippen molar-refractivity contribution in [3.8, 4) is 28.5 Å². The van der Waals surface area contributed by atoms with Crippen molar-refractivity contribution in [1.29, 1.82) is 0 Å². The Kier molecular flexibility index (Phi) is 6.58. The minimum atomic E-state index is -0.586. The molecule has 0 radical (unpaired) electrons. The Morgan fingerprint density at radius 1 is 0.973 bits per heavy atom. The topological polar surface area (TPSA) is 54.8 Å². The van der Waals surface area contributed by atoms with Gasteiger partial charge in [-0.25, -0.2) is 4.98 Å². The Morgan fingerprint density at radius 3 is 2.43 bits per heavy atom. The fourth-order valence-corrected chi connectivity index (χ4v) is 6.25. The average Bonchev–Trinajstić information content (AvgIpc) is 2.97. The van der Waals surface area contributed by atoms with E-state index < -0.39 is 6.10 Å². The third-order valence-electron chi connectivity index (χ3n) is 8.32. The van der Waals surface area contributed by atoms with Crippen LogP contribution in [0.3, 0.4) is 0 Å². The van der Waals surface area contributed by atoms with E-state index in [1.807, 2.05) is 72.8 Å². The van der Waals surface area contributed by atoms with Gasteiger partial charge in [0.05, 0.1) is 24.4 Å². The molecule has 3 aliphatic rings. The number of aliphatic hydroxyl groups excluding tert-OH is 1. The van der Waals surface area contributed by atoms with Crippen LogP contribution < -0.4 is 9.47 Å². The van der Waals surface area contributed by atoms with Crippen LogP contribution in [0.2, 0.25) is 0 Å². The van der Waals surface area contributed by atoms with E-state index in [2.05, 4.69) is 17.9 Å². The second-order valence-corrected chi connectivity index (χ2v) is 10.4. The fourth-order valence-electron chi connectivity index (χ4n) is 6.25. The van der Waals surface area contributed by atoms with Crippen molar-refractivity contribution < 1.29 is 14.6 Å². The van der Waals surface area contributed by atoms with Gasteiger partial charge < -0.3 is 14.6 Å². The van der Waals surface area contributed by atoms with E-state index in [1.54, 1.807) is 7.11 Å². The van der Waals surface area contributed by atoms with Gasteiger partial charge in [0.2, 0.25) is 0 Å². The monoisotopic (exact) mass is 494 g/mol. The van der Waals surface area contributed by atoms with E-state index in [0.29, 0.717) is 5.92 Å². The molecule has 190 valence electrons. The molecule has 1 N–H and O–H groups in total. The van der Waals surface area contributed by atoms with Crippen molar-refractivity contribution in [2.45, 2.75) is 38.3 Å². The van der Waals surface area contributed by atoms with Crippen molar-refractivity contribution in [3.63, 3.8) is 0 Å². The third-order valence-corrected chi connectivity index (χ3v) is 8.32. The van der Waals surface area contributed by atoms with Crippen molar-refractivity contribution in [3.05, 3.63) is 84.4 Å². The molecular weight excluding hydrogens is 460 g/mol. The van der Waals surface area contributed by atoms with Crippen molar-refractivity contribution in [2.75, 3.05) is 20.2 Å². The number of aliphatic hydroxyl groups is 1. The molecule has 4 aromatic rings. The highest BCUT2D eigenvalue weighted by Crippen LogP contribution is 2.43. The molecule has 0 saturated carbocycles. The van der Waals surface area contributed by atoms with Crippen LogP contribution in [-0.4, -0.2) is 41.2 Å². The molecule has 4 heterocycles. The number of methoxy groups -OCH3 is 1. The lowest BCUT2D eigenvalue weighted by molar-refractivity contribution is -0.0562. The zero-order chi connectivity index (χ0) is 25.4. The van der Waals surface area contributed by atoms with Gasteiger partial charge in [0, 0.05) is 23.5 Å². The van der Waals surface area contributed by atoms with Gasteiger partial charge in [-0.1, -0.05) is 31.5 Å². The Balaban J connectivity index is 1.35. The molecular formula is C32H34N2O3. The highest BCUT2D eigenvalue weighted by Gasteiger charge is 2.42. The summed E-state index contributed by atoms with van der Waals surface area (Å²) in [5.74, 6) is 3.81. The van der Waals surface area contributed by atoms with Gasteiger partial charge in [0.25, 0.3) is 0 Å². The summed E-state index contributed by atoms with van der Waals surface area (Å²) in [6.07, 6.45) is 2.93. The summed E-state index contributed by atoms with van der Waals surface area (Å²) in [7, 11) is 1.68. The molecule has 1 aromatic heterocycles. The van der Waals surface area contributed by atoms with Gasteiger partial charge in [-0.05, 0) is 97.4 Å². The normalized spacial score (nSPS) is 23.6. The number of fused-ring (bicyclic) bond motifs is 4. The number of para-hydroxylation sites is 1. The second kappa shape index (κ2) is 10.2. The number of ether oxygens (including phenoxy) is 2. The first-order valence-corrected chi connectivity index (χ1v) is 13.4. The average molecular weight is 495 g/mol. The first-order chi connectivity index (χ1) is 18.1. The van der Waals surface area contributed by atoms with Gasteiger partial charge in [0.15, 0.2) is 0 Å². The van der Waals surface area contributed by atoms with Gasteiger partial charge >= 0.3 is 0 Å². The van der Waals surface area contributed by atoms with E-state index in [9.17, 15) is 5.11 Å². The molecule has 0 spiro atoms. The molecule has 7 rings (SSSR count). The van der Waals surface area contributed by atoms with Crippen LogP contribution >= 0.6 is 0 Å². The van der Waals surface area contributed by atoms with Gasteiger partial charge in [-0.15, -0.1) is 0 Å². The lowest BCUT2D eigenvalue weighted by Crippen LogP contribution is -2.55. The molecule has 2 bridgehead atoms. The molecule has 3 aliphatic heterocycles. The summed E-state index contributed by atoms with van der Waals surface area (Å²) in [4.78, 5) is 7.49. The summed E-state index contributed by atoms with van der Waals surface area (Å²) >= 11 is 0. The zero-order valence-electron chi connectivity index (χ0n) is 21.5. The molecule has 5 heteroatoms. The van der Waals surface area contributed by atoms with Crippen LogP contribution in [0.25, 0.3) is 22.2 Å². The summed E-state index contributed by atoms with van der Waals surface area (Å²) in [6.45, 7) is 4.46. The lowest BCUT2D eigenvalue weighted by atomic mass is 9.72. The Morgan fingerprint density at radius 2 is 1.73 bits per heavy atom. The molecule has 3 saturated heterocycles. The van der Waals surface area contributed by atoms with Crippen LogP contribution in [0.4, 0.5) is 0 Å². The number of hydrogen-bond donors (Lipinski definition) is 1. The maximum absolute atomic E-state index is 11.8. The van der Waals surface area contributed by atoms with E-state index in [0.717, 1.165) is 70.4 Å². The maximum atomic E-state index is 11.8. The summed E-state index contributed by atoms with van der Waals surface area (Å²) in [5.41, 5.74) is 3.62. The van der Waals surface area contributed by atoms with Crippen molar-refractivity contribution >= 4 is 10.9 Å². The molecule has 37 heavy (non-hydrogen) atoms. The van der Waals surface area contributed by atoms with Gasteiger partial charge in [-0.2, -0.15) is 0 Å². The number of benzene rings is 3. The van der Waals surface area contributed by atoms with Gasteiger partial charge in [0.1, 0.15) is 17.2 Å². The first-order valence-electron chi connectivity index (χ1n) is 13.4. The lowest BCUT2D eigenvalue weighted by Gasteiger charge is -2.51. The highest BCUT2D eigenvalue weighted by molar-refractivity contribution is 5.87. The number of aromatic nitrogens is 1. The molecule has 5 atom stereocenters. The molecule has 5 nitrogen and oxygen atoms in total. The standard InChI is InChI=1S/C32H34N2O3/c1-3-21-20-34-16-15-23(21)17-31(34)32(35)28-19-30(33-29-14-13-26(36-2)18-27(28)29)22-9-11-25(12-10-22)37-24-7-5-4-6-8-24/h4-14,18-19,21,23,31-32,35H,3,15-17,20H2,1-2H3/t21?,23?,31?,32-/m1/s1. The SMILES string of the molecule is CCC1CN2CCC1CC2[C@H](O)c1cc(-c2ccc(Oc3ccccc3)cc2)nc2ccc(OC)cc12. The highest BCUT2D eigenvalue weighted by atomic mass is 16.5. The zero-order valence-corrected chi connectivity index (χ0v) is 21.5. The van der Waals surface area contributed by atoms with E-state index in [4.69, 9.17) is 14.5 Å². The summed E-state index contributed by atoms with van der Waals surface area (Å²) < 4.78 is 11.5. The van der Waals surface area contributed by atoms with Crippen LogP contribution in [0.5, 0.6) is 17.2 Å².